The fourth-order valence-corrected chi connectivity index (χ4v) is 4.56. The Morgan fingerprint density at radius 2 is 1.56 bits per heavy atom. The van der Waals surface area contributed by atoms with Gasteiger partial charge in [0.25, 0.3) is 0 Å². The maximum atomic E-state index is 12.8. The Morgan fingerprint density at radius 1 is 0.971 bits per heavy atom. The van der Waals surface area contributed by atoms with Crippen LogP contribution in [-0.4, -0.2) is 53.2 Å². The molecule has 0 aromatic heterocycles. The van der Waals surface area contributed by atoms with Crippen LogP contribution in [-0.2, 0) is 25.2 Å². The summed E-state index contributed by atoms with van der Waals surface area (Å²) in [7, 11) is 1.90. The minimum atomic E-state index is -3.80. The average molecular weight is 513 g/mol. The van der Waals surface area contributed by atoms with Gasteiger partial charge in [-0.25, -0.2) is 8.42 Å². The van der Waals surface area contributed by atoms with Crippen LogP contribution in [0.3, 0.4) is 0 Å². The molecule has 0 heterocycles. The summed E-state index contributed by atoms with van der Waals surface area (Å²) in [6.07, 6.45) is 0.790. The number of sulfone groups is 1. The van der Waals surface area contributed by atoms with E-state index >= 15 is 0 Å². The predicted octanol–water partition coefficient (Wildman–Crippen LogP) is 3.63. The van der Waals surface area contributed by atoms with Gasteiger partial charge in [-0.3, -0.25) is 9.59 Å². The molecule has 0 aliphatic heterocycles. The monoisotopic (exact) mass is 512 g/mol. The van der Waals surface area contributed by atoms with Crippen LogP contribution in [0.1, 0.15) is 29.0 Å². The lowest BCUT2D eigenvalue weighted by Crippen LogP contribution is -2.14. The second-order valence-corrected chi connectivity index (χ2v) is 9.35. The fraction of sp³-hybridized carbons (Fsp3) is 0.304. The highest BCUT2D eigenvalue weighted by Gasteiger charge is 2.26. The number of halogens is 1. The number of rotatable bonds is 12. The lowest BCUT2D eigenvalue weighted by atomic mass is 9.94. The number of aliphatic carboxylic acids is 1. The van der Waals surface area contributed by atoms with Crippen molar-refractivity contribution in [2.45, 2.75) is 18.1 Å². The van der Waals surface area contributed by atoms with Gasteiger partial charge in [0.2, 0.25) is 5.24 Å². The van der Waals surface area contributed by atoms with Crippen LogP contribution in [0.25, 0.3) is 6.08 Å². The van der Waals surface area contributed by atoms with Gasteiger partial charge in [0.1, 0.15) is 23.0 Å². The van der Waals surface area contributed by atoms with Crippen LogP contribution in [0.4, 0.5) is 0 Å². The number of methoxy groups -OCH3 is 4. The zero-order valence-corrected chi connectivity index (χ0v) is 20.6. The normalized spacial score (nSPS) is 12.3. The van der Waals surface area contributed by atoms with Crippen molar-refractivity contribution in [3.63, 3.8) is 0 Å². The molecular weight excluding hydrogens is 488 g/mol. The molecule has 0 aliphatic rings. The first kappa shape index (κ1) is 27.0. The Kier molecular flexibility index (Phi) is 9.34. The van der Waals surface area contributed by atoms with E-state index in [1.165, 1.54) is 52.7 Å². The smallest absolute Gasteiger partial charge is 0.304 e. The minimum absolute atomic E-state index is 0.195. The Hall–Kier alpha value is -3.24. The number of hydrogen-bond donors (Lipinski definition) is 1. The van der Waals surface area contributed by atoms with Crippen molar-refractivity contribution in [1.29, 1.82) is 0 Å². The molecule has 1 atom stereocenters. The number of carboxylic acid groups (broad SMARTS) is 1. The highest BCUT2D eigenvalue weighted by molar-refractivity contribution is 7.93. The van der Waals surface area contributed by atoms with Gasteiger partial charge in [0, 0.05) is 23.1 Å². The van der Waals surface area contributed by atoms with Crippen molar-refractivity contribution in [2.24, 2.45) is 0 Å². The Morgan fingerprint density at radius 3 is 2.03 bits per heavy atom. The van der Waals surface area contributed by atoms with Crippen molar-refractivity contribution in [1.82, 2.24) is 0 Å². The van der Waals surface area contributed by atoms with Gasteiger partial charge in [0.05, 0.1) is 52.1 Å². The zero-order valence-electron chi connectivity index (χ0n) is 19.0. The van der Waals surface area contributed by atoms with Gasteiger partial charge in [0.15, 0.2) is 9.84 Å². The first-order chi connectivity index (χ1) is 16.0. The molecule has 34 heavy (non-hydrogen) atoms. The number of carbonyl (C=O) groups excluding carboxylic acids is 1. The van der Waals surface area contributed by atoms with Crippen molar-refractivity contribution >= 4 is 38.7 Å². The Bertz CT molecular complexity index is 1160. The second-order valence-electron chi connectivity index (χ2n) is 7.09. The molecule has 2 aromatic carbocycles. The number of carbonyl (C=O) groups is 2. The van der Waals surface area contributed by atoms with E-state index in [0.29, 0.717) is 28.4 Å². The van der Waals surface area contributed by atoms with Crippen LogP contribution in [0.2, 0.25) is 0 Å². The maximum Gasteiger partial charge on any atom is 0.304 e. The van der Waals surface area contributed by atoms with E-state index in [-0.39, 0.29) is 11.3 Å². The number of ether oxygens (including phenoxy) is 4. The van der Waals surface area contributed by atoms with Gasteiger partial charge >= 0.3 is 5.97 Å². The summed E-state index contributed by atoms with van der Waals surface area (Å²) in [5.74, 6) is -1.44. The van der Waals surface area contributed by atoms with Crippen LogP contribution in [0.5, 0.6) is 23.0 Å². The number of carboxylic acids is 1. The molecule has 11 heteroatoms. The lowest BCUT2D eigenvalue weighted by Gasteiger charge is -2.16. The molecule has 0 aliphatic carbocycles. The van der Waals surface area contributed by atoms with Gasteiger partial charge in [-0.05, 0) is 29.3 Å². The third-order valence-electron chi connectivity index (χ3n) is 4.89. The molecule has 0 radical (unpaired) electrons. The molecule has 0 bridgehead atoms. The molecule has 0 fully saturated rings. The third-order valence-corrected chi connectivity index (χ3v) is 6.44. The van der Waals surface area contributed by atoms with Crippen LogP contribution >= 0.6 is 11.6 Å². The highest BCUT2D eigenvalue weighted by Crippen LogP contribution is 2.36. The van der Waals surface area contributed by atoms with Gasteiger partial charge in [-0.1, -0.05) is 12.1 Å². The molecule has 0 saturated heterocycles. The van der Waals surface area contributed by atoms with Crippen molar-refractivity contribution in [3.8, 4) is 23.0 Å². The van der Waals surface area contributed by atoms with E-state index in [1.54, 1.807) is 12.1 Å². The summed E-state index contributed by atoms with van der Waals surface area (Å²) in [5, 5.41) is 9.25. The van der Waals surface area contributed by atoms with Gasteiger partial charge in [-0.15, -0.1) is 0 Å². The summed E-state index contributed by atoms with van der Waals surface area (Å²) >= 11 is 5.61. The summed E-state index contributed by atoms with van der Waals surface area (Å²) in [6, 6.07) is 7.58. The van der Waals surface area contributed by atoms with Crippen LogP contribution < -0.4 is 18.9 Å². The summed E-state index contributed by atoms with van der Waals surface area (Å²) < 4.78 is 46.7. The fourth-order valence-electron chi connectivity index (χ4n) is 3.28. The van der Waals surface area contributed by atoms with Crippen molar-refractivity contribution in [3.05, 3.63) is 52.4 Å². The molecule has 2 rings (SSSR count). The second kappa shape index (κ2) is 11.8. The topological polar surface area (TPSA) is 125 Å². The highest BCUT2D eigenvalue weighted by atomic mass is 35.5. The maximum absolute atomic E-state index is 12.8. The minimum Gasteiger partial charge on any atom is -0.496 e. The predicted molar refractivity (Wildman–Crippen MR) is 127 cm³/mol. The van der Waals surface area contributed by atoms with E-state index < -0.39 is 39.1 Å². The number of benzene rings is 2. The van der Waals surface area contributed by atoms with Gasteiger partial charge in [-0.2, -0.15) is 0 Å². The molecule has 9 nitrogen and oxygen atoms in total. The van der Waals surface area contributed by atoms with E-state index in [2.05, 4.69) is 0 Å². The molecule has 0 amide bonds. The van der Waals surface area contributed by atoms with E-state index in [4.69, 9.17) is 35.7 Å². The van der Waals surface area contributed by atoms with Crippen molar-refractivity contribution in [2.75, 3.05) is 28.4 Å². The standard InChI is InChI=1S/C23H25ClO9S/c1-30-15-10-20(32-3)16(21(11-15)33-4)7-8-34(28,29)13-14-5-6-19(31-2)17(9-14)18(23(24)27)12-22(25)26/h5-11,18H,12-13H2,1-4H3,(H,25,26)/b8-7+. The number of hydrogen-bond acceptors (Lipinski definition) is 8. The van der Waals surface area contributed by atoms with Crippen LogP contribution in [0, 0.1) is 0 Å². The molecular formula is C23H25ClO9S. The largest absolute Gasteiger partial charge is 0.496 e. The lowest BCUT2D eigenvalue weighted by molar-refractivity contribution is -0.138. The molecule has 1 N–H and O–H groups in total. The van der Waals surface area contributed by atoms with Crippen molar-refractivity contribution < 1.29 is 42.1 Å². The molecule has 2 aromatic rings. The van der Waals surface area contributed by atoms with Crippen LogP contribution in [0.15, 0.2) is 35.7 Å². The first-order valence-corrected chi connectivity index (χ1v) is 11.9. The summed E-state index contributed by atoms with van der Waals surface area (Å²) in [5.41, 5.74) is 0.918. The SMILES string of the molecule is COc1cc(OC)c(/C=C/S(=O)(=O)Cc2ccc(OC)c(C(CC(=O)O)C(=O)Cl)c2)c(OC)c1. The Balaban J connectivity index is 2.42. The molecule has 0 saturated carbocycles. The molecule has 1 unspecified atom stereocenters. The first-order valence-electron chi connectivity index (χ1n) is 9.84. The van der Waals surface area contributed by atoms with Gasteiger partial charge < -0.3 is 24.1 Å². The summed E-state index contributed by atoms with van der Waals surface area (Å²) in [6.45, 7) is 0. The van der Waals surface area contributed by atoms with E-state index in [9.17, 15) is 18.0 Å². The third kappa shape index (κ3) is 6.88. The quantitative estimate of drug-likeness (QED) is 0.424. The average Bonchev–Trinajstić information content (AvgIpc) is 2.79. The Labute approximate surface area is 202 Å². The van der Waals surface area contributed by atoms with E-state index in [0.717, 1.165) is 5.41 Å². The molecule has 0 spiro atoms. The summed E-state index contributed by atoms with van der Waals surface area (Å²) in [4.78, 5) is 23.0. The zero-order chi connectivity index (χ0) is 25.5. The molecule has 184 valence electrons. The van der Waals surface area contributed by atoms with E-state index in [1.807, 2.05) is 0 Å².